The standard InChI is InChI=1S/3C14H14N.2C11H13N.2C10H13N2.3V/c2*1-11-9-14(10-12(2)15(11)3)13-7-5-4-6-8-13;1-11-9-10-14(12(2)15(11)3)13-7-5-4-6-8-13;1-8-10-6-4-5-7-11(10)9(2)12(8)3;1-8-9(2)12(3)11-7-5-4-6-10(8)11;2*1-8-9-6-4-5-7-10(9)12(3)11(8)2;;;/h3*4-7,9H,1-3H3;4*4-7H,1-3H3;;;/q3*-1;;;2*+1;3*+2. The van der Waals surface area contributed by atoms with Gasteiger partial charge in [-0.25, -0.2) is 39.0 Å². The first-order chi connectivity index (χ1) is 44.4. The summed E-state index contributed by atoms with van der Waals surface area (Å²) in [5.74, 6) is 0. The molecule has 96 heavy (non-hydrogen) atoms. The zero-order valence-electron chi connectivity index (χ0n) is 60.3. The van der Waals surface area contributed by atoms with E-state index in [4.69, 9.17) is 0 Å². The van der Waals surface area contributed by atoms with E-state index < -0.39 is 0 Å². The number of aryl methyl sites for hydroxylation is 13. The Bertz CT molecular complexity index is 4230. The molecule has 0 amide bonds. The number of fused-ring (bicyclic) bond motifs is 4. The summed E-state index contributed by atoms with van der Waals surface area (Å²) in [5.41, 5.74) is 25.8. The Hall–Kier alpha value is -8.24. The molecule has 9 nitrogen and oxygen atoms in total. The van der Waals surface area contributed by atoms with Gasteiger partial charge >= 0.3 is 55.7 Å². The van der Waals surface area contributed by atoms with Crippen molar-refractivity contribution in [3.8, 4) is 33.4 Å². The normalized spacial score (nSPS) is 10.3. The molecule has 0 aliphatic heterocycles. The third kappa shape index (κ3) is 18.1. The van der Waals surface area contributed by atoms with Crippen molar-refractivity contribution in [2.24, 2.45) is 63.4 Å². The van der Waals surface area contributed by atoms with Gasteiger partial charge in [-0.3, -0.25) is 26.8 Å². The van der Waals surface area contributed by atoms with Crippen molar-refractivity contribution in [2.75, 3.05) is 0 Å². The van der Waals surface area contributed by atoms with E-state index in [0.29, 0.717) is 0 Å². The van der Waals surface area contributed by atoms with Crippen LogP contribution in [0.2, 0.25) is 0 Å². The van der Waals surface area contributed by atoms with E-state index in [-0.39, 0.29) is 55.7 Å². The molecule has 0 atom stereocenters. The number of nitrogens with zero attached hydrogens (tertiary/aromatic N) is 9. The molecule has 0 aliphatic rings. The number of pyridine rings is 3. The van der Waals surface area contributed by atoms with Gasteiger partial charge in [0.15, 0.2) is 14.1 Å². The molecular formula is C84H94N9V3+5. The van der Waals surface area contributed by atoms with Gasteiger partial charge in [0.2, 0.25) is 11.0 Å². The second-order valence-electron chi connectivity index (χ2n) is 24.1. The molecule has 14 rings (SSSR count). The average molecular weight is 1380 g/mol. The van der Waals surface area contributed by atoms with E-state index in [2.05, 4.69) is 352 Å². The second kappa shape index (κ2) is 35.7. The van der Waals surface area contributed by atoms with Gasteiger partial charge in [0.25, 0.3) is 0 Å². The maximum absolute atomic E-state index is 3.36. The Kier molecular flexibility index (Phi) is 29.2. The summed E-state index contributed by atoms with van der Waals surface area (Å²) >= 11 is 0. The summed E-state index contributed by atoms with van der Waals surface area (Å²) in [7, 11) is 18.7. The first-order valence-corrected chi connectivity index (χ1v) is 31.8. The van der Waals surface area contributed by atoms with Crippen molar-refractivity contribution in [2.45, 2.75) is 83.1 Å². The van der Waals surface area contributed by atoms with Crippen molar-refractivity contribution in [3.05, 3.63) is 293 Å². The summed E-state index contributed by atoms with van der Waals surface area (Å²) in [4.78, 5) is 0. The van der Waals surface area contributed by atoms with Gasteiger partial charge in [-0.05, 0) is 79.2 Å². The fourth-order valence-electron chi connectivity index (χ4n) is 11.5. The van der Waals surface area contributed by atoms with Gasteiger partial charge in [0.1, 0.15) is 43.9 Å². The Balaban J connectivity index is 0.000000202. The van der Waals surface area contributed by atoms with Gasteiger partial charge in [0.05, 0.1) is 47.6 Å². The summed E-state index contributed by atoms with van der Waals surface area (Å²) in [5, 5.41) is 6.79. The second-order valence-corrected chi connectivity index (χ2v) is 24.1. The molecule has 3 radical (unpaired) electrons. The van der Waals surface area contributed by atoms with Gasteiger partial charge in [0, 0.05) is 92.7 Å². The zero-order valence-corrected chi connectivity index (χ0v) is 64.5. The molecule has 0 unspecified atom stereocenters. The molecule has 0 bridgehead atoms. The SMILES string of the molecule is Cc1[c-]c(-c2[c-]cccc2)cc(C)[n+]1C.Cc1[c-]c(-c2[c-]cccc2)cc(C)[n+]1C.Cc1c(C)n(C)c2ccccc12.Cc1c2ccccc2[n+](C)n1C.Cc1c2ccccc2[n+](C)n1C.Cc1c2ccccc2c(C)n1C.Cc1c[c-]c(-c2[c-]cccc2)c(C)[n+]1C.[V+2].[V+2].[V+2]. The molecule has 0 N–H and O–H groups in total. The zero-order chi connectivity index (χ0) is 67.4. The van der Waals surface area contributed by atoms with Crippen molar-refractivity contribution >= 4 is 43.5 Å². The van der Waals surface area contributed by atoms with Crippen LogP contribution in [0.4, 0.5) is 0 Å². The summed E-state index contributed by atoms with van der Waals surface area (Å²) in [6, 6.07) is 83.9. The van der Waals surface area contributed by atoms with Crippen LogP contribution in [-0.2, 0) is 119 Å². The number of hydrogen-bond donors (Lipinski definition) is 0. The predicted octanol–water partition coefficient (Wildman–Crippen LogP) is 15.4. The smallest absolute Gasteiger partial charge is 0.351 e. The molecule has 0 saturated carbocycles. The number of rotatable bonds is 3. The Labute approximate surface area is 608 Å². The van der Waals surface area contributed by atoms with Crippen molar-refractivity contribution in [1.82, 2.24) is 18.5 Å². The van der Waals surface area contributed by atoms with Crippen molar-refractivity contribution in [1.29, 1.82) is 0 Å². The van der Waals surface area contributed by atoms with Crippen molar-refractivity contribution in [3.63, 3.8) is 0 Å². The molecule has 0 spiro atoms. The Morgan fingerprint density at radius 1 is 0.323 bits per heavy atom. The largest absolute Gasteiger partial charge is 2.00 e. The van der Waals surface area contributed by atoms with Crippen LogP contribution in [0.25, 0.3) is 76.9 Å². The van der Waals surface area contributed by atoms with Gasteiger partial charge in [-0.1, -0.05) is 72.8 Å². The van der Waals surface area contributed by atoms with Crippen LogP contribution in [0.15, 0.2) is 188 Å². The van der Waals surface area contributed by atoms with Crippen LogP contribution in [0.5, 0.6) is 0 Å². The van der Waals surface area contributed by atoms with E-state index >= 15 is 0 Å². The predicted molar refractivity (Wildman–Crippen MR) is 383 cm³/mol. The van der Waals surface area contributed by atoms with E-state index in [9.17, 15) is 0 Å². The first-order valence-electron chi connectivity index (χ1n) is 31.8. The van der Waals surface area contributed by atoms with E-state index in [0.717, 1.165) is 44.8 Å². The van der Waals surface area contributed by atoms with Crippen LogP contribution < -0.4 is 23.1 Å². The minimum atomic E-state index is 0. The van der Waals surface area contributed by atoms with Crippen LogP contribution in [0, 0.1) is 119 Å². The molecule has 0 fully saturated rings. The van der Waals surface area contributed by atoms with Crippen LogP contribution in [0.3, 0.4) is 0 Å². The molecule has 7 heterocycles. The molecule has 0 saturated heterocycles. The van der Waals surface area contributed by atoms with Gasteiger partial charge < -0.3 is 9.13 Å². The Morgan fingerprint density at radius 2 is 0.688 bits per heavy atom. The number of aromatic nitrogens is 9. The first kappa shape index (κ1) is 78.5. The molecule has 12 heteroatoms. The topological polar surface area (TPSA) is 39.1 Å². The molecule has 485 valence electrons. The molecule has 7 aromatic carbocycles. The minimum absolute atomic E-state index is 0. The molecule has 0 aliphatic carbocycles. The maximum atomic E-state index is 3.36. The van der Waals surface area contributed by atoms with Crippen LogP contribution >= 0.6 is 0 Å². The fourth-order valence-corrected chi connectivity index (χ4v) is 11.5. The number of para-hydroxylation sites is 3. The maximum Gasteiger partial charge on any atom is 2.00 e. The average Bonchev–Trinajstić information content (AvgIpc) is 1.61. The molecular weight excluding hydrogens is 1290 g/mol. The monoisotopic (exact) mass is 1380 g/mol. The minimum Gasteiger partial charge on any atom is -0.351 e. The quantitative estimate of drug-likeness (QED) is 0.125. The third-order valence-electron chi connectivity index (χ3n) is 18.8. The van der Waals surface area contributed by atoms with Crippen molar-refractivity contribution < 1.29 is 78.7 Å². The summed E-state index contributed by atoms with van der Waals surface area (Å²) < 4.78 is 19.5. The molecule has 7 aromatic heterocycles. The summed E-state index contributed by atoms with van der Waals surface area (Å²) in [6.45, 7) is 25.5. The summed E-state index contributed by atoms with van der Waals surface area (Å²) in [6.07, 6.45) is 0. The number of hydrogen-bond acceptors (Lipinski definition) is 0. The molecule has 14 aromatic rings. The van der Waals surface area contributed by atoms with E-state index in [1.54, 1.807) is 0 Å². The van der Waals surface area contributed by atoms with E-state index in [1.807, 2.05) is 60.7 Å². The van der Waals surface area contributed by atoms with Gasteiger partial charge in [-0.15, -0.1) is 39.7 Å². The van der Waals surface area contributed by atoms with E-state index in [1.165, 1.54) is 100 Å². The number of benzene rings is 7. The fraction of sp³-hybridized carbons (Fsp3) is 0.250. The van der Waals surface area contributed by atoms with Gasteiger partial charge in [-0.2, -0.15) is 81.7 Å². The Morgan fingerprint density at radius 3 is 1.06 bits per heavy atom. The third-order valence-corrected chi connectivity index (χ3v) is 18.8. The van der Waals surface area contributed by atoms with Crippen LogP contribution in [0.1, 0.15) is 68.2 Å². The van der Waals surface area contributed by atoms with Crippen LogP contribution in [-0.4, -0.2) is 18.5 Å².